The zero-order chi connectivity index (χ0) is 16.7. The molecule has 2 heterocycles. The van der Waals surface area contributed by atoms with Crippen molar-refractivity contribution in [2.75, 3.05) is 13.1 Å². The lowest BCUT2D eigenvalue weighted by Gasteiger charge is -2.47. The van der Waals surface area contributed by atoms with Gasteiger partial charge in [0.25, 0.3) is 0 Å². The van der Waals surface area contributed by atoms with Crippen molar-refractivity contribution in [3.8, 4) is 0 Å². The molecule has 2 aliphatic rings. The fourth-order valence-corrected chi connectivity index (χ4v) is 4.73. The Morgan fingerprint density at radius 3 is 3.04 bits per heavy atom. The molecule has 4 rings (SSSR count). The number of carbonyl (C=O) groups is 1. The van der Waals surface area contributed by atoms with Gasteiger partial charge >= 0.3 is 0 Å². The number of nitrogens with zero attached hydrogens (tertiary/aromatic N) is 2. The molecule has 2 atom stereocenters. The molecule has 2 fully saturated rings. The van der Waals surface area contributed by atoms with Gasteiger partial charge in [-0.05, 0) is 43.5 Å². The van der Waals surface area contributed by atoms with Crippen molar-refractivity contribution in [1.82, 2.24) is 9.47 Å². The number of hydrogen-bond donors (Lipinski definition) is 1. The molecule has 1 saturated carbocycles. The second kappa shape index (κ2) is 6.19. The standard InChI is InChI=1S/C19H23BrN2O2/c20-16-4-5-17-14(11-16)6-9-21(17)13-18(23)22-10-8-19(24)7-2-1-3-15(19)12-22/h4-6,9,11,15,24H,1-3,7-8,10,12-13H2/t15-,19-/m0/s1. The highest BCUT2D eigenvalue weighted by Gasteiger charge is 2.43. The summed E-state index contributed by atoms with van der Waals surface area (Å²) in [5, 5.41) is 11.9. The second-order valence-corrected chi connectivity index (χ2v) is 8.20. The van der Waals surface area contributed by atoms with Crippen molar-refractivity contribution in [3.63, 3.8) is 0 Å². The van der Waals surface area contributed by atoms with Crippen molar-refractivity contribution in [2.24, 2.45) is 5.92 Å². The van der Waals surface area contributed by atoms with Gasteiger partial charge in [0.1, 0.15) is 6.54 Å². The molecule has 128 valence electrons. The molecule has 0 radical (unpaired) electrons. The maximum atomic E-state index is 12.8. The van der Waals surface area contributed by atoms with Crippen molar-refractivity contribution >= 4 is 32.7 Å². The van der Waals surface area contributed by atoms with Crippen LogP contribution in [0.1, 0.15) is 32.1 Å². The average molecular weight is 391 g/mol. The molecule has 1 N–H and O–H groups in total. The van der Waals surface area contributed by atoms with Crippen LogP contribution >= 0.6 is 15.9 Å². The topological polar surface area (TPSA) is 45.5 Å². The first kappa shape index (κ1) is 16.2. The largest absolute Gasteiger partial charge is 0.389 e. The predicted octanol–water partition coefficient (Wildman–Crippen LogP) is 3.56. The summed E-state index contributed by atoms with van der Waals surface area (Å²) in [6.07, 6.45) is 6.94. The van der Waals surface area contributed by atoms with Crippen LogP contribution < -0.4 is 0 Å². The van der Waals surface area contributed by atoms with Crippen LogP contribution in [0, 0.1) is 5.92 Å². The fraction of sp³-hybridized carbons (Fsp3) is 0.526. The Balaban J connectivity index is 1.48. The summed E-state index contributed by atoms with van der Waals surface area (Å²) in [6, 6.07) is 8.16. The first-order valence-corrected chi connectivity index (χ1v) is 9.59. The van der Waals surface area contributed by atoms with Gasteiger partial charge in [-0.15, -0.1) is 0 Å². The van der Waals surface area contributed by atoms with Crippen LogP contribution in [0.15, 0.2) is 34.9 Å². The van der Waals surface area contributed by atoms with Crippen LogP contribution in [0.25, 0.3) is 10.9 Å². The predicted molar refractivity (Wildman–Crippen MR) is 97.7 cm³/mol. The summed E-state index contributed by atoms with van der Waals surface area (Å²) in [5.74, 6) is 0.407. The van der Waals surface area contributed by atoms with Crippen LogP contribution in [0.5, 0.6) is 0 Å². The molecule has 1 aromatic heterocycles. The van der Waals surface area contributed by atoms with E-state index in [-0.39, 0.29) is 11.8 Å². The Bertz CT molecular complexity index is 772. The summed E-state index contributed by atoms with van der Waals surface area (Å²) >= 11 is 3.48. The Hall–Kier alpha value is -1.33. The van der Waals surface area contributed by atoms with Crippen molar-refractivity contribution < 1.29 is 9.90 Å². The molecule has 2 aromatic rings. The molecule has 1 aliphatic heterocycles. The van der Waals surface area contributed by atoms with Crippen molar-refractivity contribution in [1.29, 1.82) is 0 Å². The SMILES string of the molecule is O=C(Cn1ccc2cc(Br)ccc21)N1CC[C@@]2(O)CCCC[C@H]2C1. The summed E-state index contributed by atoms with van der Waals surface area (Å²) in [7, 11) is 0. The zero-order valence-electron chi connectivity index (χ0n) is 13.7. The number of carbonyl (C=O) groups excluding carboxylic acids is 1. The highest BCUT2D eigenvalue weighted by Crippen LogP contribution is 2.39. The molecular formula is C19H23BrN2O2. The smallest absolute Gasteiger partial charge is 0.242 e. The first-order chi connectivity index (χ1) is 11.5. The Morgan fingerprint density at radius 1 is 1.29 bits per heavy atom. The highest BCUT2D eigenvalue weighted by molar-refractivity contribution is 9.10. The average Bonchev–Trinajstić information content (AvgIpc) is 2.95. The van der Waals surface area contributed by atoms with Gasteiger partial charge in [0.15, 0.2) is 0 Å². The molecule has 4 nitrogen and oxygen atoms in total. The van der Waals surface area contributed by atoms with Gasteiger partial charge in [-0.25, -0.2) is 0 Å². The monoisotopic (exact) mass is 390 g/mol. The quantitative estimate of drug-likeness (QED) is 0.851. The minimum absolute atomic E-state index is 0.156. The minimum atomic E-state index is -0.526. The van der Waals surface area contributed by atoms with Gasteiger partial charge in [0.2, 0.25) is 5.91 Å². The van der Waals surface area contributed by atoms with E-state index in [0.717, 1.165) is 41.1 Å². The van der Waals surface area contributed by atoms with Gasteiger partial charge in [-0.2, -0.15) is 0 Å². The molecule has 1 amide bonds. The molecule has 5 heteroatoms. The maximum absolute atomic E-state index is 12.8. The fourth-order valence-electron chi connectivity index (χ4n) is 4.35. The van der Waals surface area contributed by atoms with E-state index in [4.69, 9.17) is 0 Å². The van der Waals surface area contributed by atoms with Crippen LogP contribution in [0.2, 0.25) is 0 Å². The number of amides is 1. The van der Waals surface area contributed by atoms with E-state index in [0.29, 0.717) is 19.6 Å². The first-order valence-electron chi connectivity index (χ1n) is 8.80. The van der Waals surface area contributed by atoms with E-state index in [1.807, 2.05) is 33.9 Å². The third-order valence-electron chi connectivity index (χ3n) is 5.82. The maximum Gasteiger partial charge on any atom is 0.242 e. The van der Waals surface area contributed by atoms with Crippen LogP contribution in [0.3, 0.4) is 0 Å². The molecule has 0 spiro atoms. The number of benzene rings is 1. The summed E-state index contributed by atoms with van der Waals surface area (Å²) in [5.41, 5.74) is 0.555. The summed E-state index contributed by atoms with van der Waals surface area (Å²) in [4.78, 5) is 14.7. The lowest BCUT2D eigenvalue weighted by Crippen LogP contribution is -2.55. The van der Waals surface area contributed by atoms with E-state index in [2.05, 4.69) is 22.0 Å². The third kappa shape index (κ3) is 2.88. The summed E-state index contributed by atoms with van der Waals surface area (Å²) in [6.45, 7) is 1.76. The van der Waals surface area contributed by atoms with E-state index in [1.54, 1.807) is 0 Å². The number of likely N-dealkylation sites (tertiary alicyclic amines) is 1. The number of piperidine rings is 1. The number of rotatable bonds is 2. The second-order valence-electron chi connectivity index (χ2n) is 7.28. The van der Waals surface area contributed by atoms with Crippen molar-refractivity contribution in [3.05, 3.63) is 34.9 Å². The van der Waals surface area contributed by atoms with Gasteiger partial charge in [0.05, 0.1) is 5.60 Å². The van der Waals surface area contributed by atoms with E-state index in [1.165, 1.54) is 6.42 Å². The molecule has 24 heavy (non-hydrogen) atoms. The lowest BCUT2D eigenvalue weighted by molar-refractivity contribution is -0.143. The number of aliphatic hydroxyl groups is 1. The molecule has 0 bridgehead atoms. The van der Waals surface area contributed by atoms with Crippen LogP contribution in [-0.2, 0) is 11.3 Å². The zero-order valence-corrected chi connectivity index (χ0v) is 15.3. The van der Waals surface area contributed by atoms with Gasteiger partial charge in [-0.3, -0.25) is 4.79 Å². The van der Waals surface area contributed by atoms with Gasteiger partial charge < -0.3 is 14.6 Å². The highest BCUT2D eigenvalue weighted by atomic mass is 79.9. The number of hydrogen-bond acceptors (Lipinski definition) is 2. The Morgan fingerprint density at radius 2 is 2.17 bits per heavy atom. The van der Waals surface area contributed by atoms with E-state index < -0.39 is 5.60 Å². The Labute approximate surface area is 150 Å². The third-order valence-corrected chi connectivity index (χ3v) is 6.31. The lowest BCUT2D eigenvalue weighted by atomic mass is 9.71. The van der Waals surface area contributed by atoms with E-state index >= 15 is 0 Å². The Kier molecular flexibility index (Phi) is 4.17. The number of fused-ring (bicyclic) bond motifs is 2. The van der Waals surface area contributed by atoms with Crippen molar-refractivity contribution in [2.45, 2.75) is 44.2 Å². The normalized spacial score (nSPS) is 27.2. The van der Waals surface area contributed by atoms with Crippen LogP contribution in [-0.4, -0.2) is 39.2 Å². The molecule has 1 aliphatic carbocycles. The number of aromatic nitrogens is 1. The van der Waals surface area contributed by atoms with Gasteiger partial charge in [-0.1, -0.05) is 28.8 Å². The number of halogens is 1. The molecule has 1 aromatic carbocycles. The minimum Gasteiger partial charge on any atom is -0.389 e. The van der Waals surface area contributed by atoms with E-state index in [9.17, 15) is 9.90 Å². The summed E-state index contributed by atoms with van der Waals surface area (Å²) < 4.78 is 3.07. The molecule has 1 saturated heterocycles. The molecular weight excluding hydrogens is 368 g/mol. The van der Waals surface area contributed by atoms with Gasteiger partial charge in [0, 0.05) is 40.6 Å². The van der Waals surface area contributed by atoms with Crippen LogP contribution in [0.4, 0.5) is 0 Å². The molecule has 0 unspecified atom stereocenters.